The molecule has 0 unspecified atom stereocenters. The van der Waals surface area contributed by atoms with Crippen LogP contribution in [0.15, 0.2) is 58.5 Å². The van der Waals surface area contributed by atoms with E-state index in [1.54, 1.807) is 18.3 Å². The highest BCUT2D eigenvalue weighted by atomic mass is 32.2. The molecule has 0 spiro atoms. The average molecular weight is 509 g/mol. The Balaban J connectivity index is 1.71. The molecule has 6 nitrogen and oxygen atoms in total. The molecular weight excluding hydrogens is 468 g/mol. The quantitative estimate of drug-likeness (QED) is 0.414. The van der Waals surface area contributed by atoms with Crippen molar-refractivity contribution in [3.8, 4) is 0 Å². The second kappa shape index (κ2) is 11.7. The second-order valence-corrected chi connectivity index (χ2v) is 11.6. The monoisotopic (exact) mass is 508 g/mol. The van der Waals surface area contributed by atoms with Crippen molar-refractivity contribution < 1.29 is 8.42 Å². The number of hydrogen-bond acceptors (Lipinski definition) is 6. The zero-order valence-corrected chi connectivity index (χ0v) is 23.0. The molecule has 1 fully saturated rings. The smallest absolute Gasteiger partial charge is 0.210 e. The number of nitrogens with zero attached hydrogens (tertiary/aromatic N) is 4. The normalized spacial score (nSPS) is 15.5. The largest absolute Gasteiger partial charge is 0.369 e. The Morgan fingerprint density at radius 1 is 0.944 bits per heavy atom. The molecule has 0 radical (unpaired) electrons. The third kappa shape index (κ3) is 5.74. The van der Waals surface area contributed by atoms with Gasteiger partial charge in [0.25, 0.3) is 0 Å². The molecule has 0 saturated carbocycles. The number of rotatable bonds is 9. The van der Waals surface area contributed by atoms with Crippen molar-refractivity contribution >= 4 is 26.4 Å². The highest BCUT2D eigenvalue weighted by Crippen LogP contribution is 2.36. The molecule has 0 aliphatic carbocycles. The van der Waals surface area contributed by atoms with Crippen LogP contribution in [0.3, 0.4) is 0 Å². The van der Waals surface area contributed by atoms with E-state index in [4.69, 9.17) is 0 Å². The molecule has 7 heteroatoms. The van der Waals surface area contributed by atoms with Crippen LogP contribution in [0.5, 0.6) is 0 Å². The molecule has 194 valence electrons. The van der Waals surface area contributed by atoms with Crippen LogP contribution in [0.1, 0.15) is 38.3 Å². The number of likely N-dealkylation sites (N-methyl/N-ethyl adjacent to an activating group) is 1. The zero-order chi connectivity index (χ0) is 25.7. The van der Waals surface area contributed by atoms with Crippen LogP contribution in [0.2, 0.25) is 0 Å². The lowest BCUT2D eigenvalue weighted by Gasteiger charge is -2.28. The number of aromatic nitrogens is 1. The Bertz CT molecular complexity index is 1270. The molecular formula is C29H40N4O2S. The predicted octanol–water partition coefficient (Wildman–Crippen LogP) is 4.79. The van der Waals surface area contributed by atoms with Gasteiger partial charge >= 0.3 is 0 Å². The Morgan fingerprint density at radius 3 is 2.39 bits per heavy atom. The SMILES string of the molecule is CCc1ccc(S(=O)(=O)c2cnc3ccc(C)cc3c2N2CCCN(CCN(CC)CC)CC2)cc1. The van der Waals surface area contributed by atoms with Crippen LogP contribution in [0.25, 0.3) is 10.9 Å². The van der Waals surface area contributed by atoms with Crippen LogP contribution < -0.4 is 4.90 Å². The lowest BCUT2D eigenvalue weighted by molar-refractivity contribution is 0.223. The molecule has 1 aromatic heterocycles. The molecule has 0 N–H and O–H groups in total. The van der Waals surface area contributed by atoms with Gasteiger partial charge in [0.1, 0.15) is 4.90 Å². The molecule has 1 aliphatic rings. The lowest BCUT2D eigenvalue weighted by atomic mass is 10.1. The number of anilines is 1. The summed E-state index contributed by atoms with van der Waals surface area (Å²) in [6.07, 6.45) is 3.44. The maximum absolute atomic E-state index is 13.9. The number of sulfone groups is 1. The lowest BCUT2D eigenvalue weighted by Crippen LogP contribution is -2.37. The van der Waals surface area contributed by atoms with Crippen molar-refractivity contribution in [2.45, 2.75) is 50.3 Å². The Morgan fingerprint density at radius 2 is 1.69 bits per heavy atom. The summed E-state index contributed by atoms with van der Waals surface area (Å²) in [4.78, 5) is 12.5. The molecule has 0 amide bonds. The van der Waals surface area contributed by atoms with E-state index in [1.165, 1.54) is 0 Å². The van der Waals surface area contributed by atoms with Crippen LogP contribution in [-0.4, -0.2) is 75.6 Å². The highest BCUT2D eigenvalue weighted by Gasteiger charge is 2.28. The van der Waals surface area contributed by atoms with E-state index in [0.717, 1.165) is 92.9 Å². The van der Waals surface area contributed by atoms with E-state index in [-0.39, 0.29) is 0 Å². The first-order valence-corrected chi connectivity index (χ1v) is 14.8. The Hall–Kier alpha value is -2.48. The second-order valence-electron chi connectivity index (χ2n) is 9.70. The standard InChI is InChI=1S/C29H40N4O2S/c1-5-24-10-12-25(13-11-24)36(34,35)28-22-30-27-14-9-23(4)21-26(27)29(28)33-16-8-15-32(19-20-33)18-17-31(6-2)7-3/h9-14,21-22H,5-8,15-20H2,1-4H3. The van der Waals surface area contributed by atoms with E-state index >= 15 is 0 Å². The van der Waals surface area contributed by atoms with Crippen molar-refractivity contribution in [3.05, 3.63) is 59.8 Å². The molecule has 3 aromatic rings. The number of fused-ring (bicyclic) bond motifs is 1. The van der Waals surface area contributed by atoms with Gasteiger partial charge in [0.15, 0.2) is 0 Å². The van der Waals surface area contributed by atoms with Gasteiger partial charge in [-0.3, -0.25) is 4.98 Å². The van der Waals surface area contributed by atoms with Crippen LogP contribution in [0.4, 0.5) is 5.69 Å². The minimum absolute atomic E-state index is 0.307. The van der Waals surface area contributed by atoms with Gasteiger partial charge in [-0.15, -0.1) is 0 Å². The molecule has 1 aliphatic heterocycles. The van der Waals surface area contributed by atoms with Gasteiger partial charge in [0.05, 0.1) is 16.1 Å². The third-order valence-electron chi connectivity index (χ3n) is 7.42. The number of pyridine rings is 1. The van der Waals surface area contributed by atoms with Crippen molar-refractivity contribution in [3.63, 3.8) is 0 Å². The summed E-state index contributed by atoms with van der Waals surface area (Å²) < 4.78 is 27.9. The molecule has 36 heavy (non-hydrogen) atoms. The number of aryl methyl sites for hydroxylation is 2. The minimum Gasteiger partial charge on any atom is -0.369 e. The summed E-state index contributed by atoms with van der Waals surface area (Å²) in [5.74, 6) is 0. The van der Waals surface area contributed by atoms with E-state index in [1.807, 2.05) is 31.2 Å². The fourth-order valence-corrected chi connectivity index (χ4v) is 6.50. The van der Waals surface area contributed by atoms with E-state index in [0.29, 0.717) is 9.79 Å². The predicted molar refractivity (Wildman–Crippen MR) is 149 cm³/mol. The first kappa shape index (κ1) is 26.6. The molecule has 0 bridgehead atoms. The van der Waals surface area contributed by atoms with Crippen LogP contribution >= 0.6 is 0 Å². The average Bonchev–Trinajstić information content (AvgIpc) is 3.14. The van der Waals surface area contributed by atoms with Crippen molar-refractivity contribution in [1.82, 2.24) is 14.8 Å². The van der Waals surface area contributed by atoms with Gasteiger partial charge in [-0.2, -0.15) is 0 Å². The van der Waals surface area contributed by atoms with Gasteiger partial charge in [-0.05, 0) is 69.2 Å². The zero-order valence-electron chi connectivity index (χ0n) is 22.2. The van der Waals surface area contributed by atoms with Crippen LogP contribution in [-0.2, 0) is 16.3 Å². The molecule has 2 aromatic carbocycles. The molecule has 4 rings (SSSR count). The van der Waals surface area contributed by atoms with E-state index in [2.05, 4.69) is 46.5 Å². The maximum atomic E-state index is 13.9. The molecule has 2 heterocycles. The summed E-state index contributed by atoms with van der Waals surface area (Å²) in [6, 6.07) is 13.4. The van der Waals surface area contributed by atoms with Crippen molar-refractivity contribution in [2.24, 2.45) is 0 Å². The van der Waals surface area contributed by atoms with Crippen molar-refractivity contribution in [1.29, 1.82) is 0 Å². The molecule has 0 atom stereocenters. The Labute approximate surface area is 216 Å². The summed E-state index contributed by atoms with van der Waals surface area (Å²) in [5, 5.41) is 0.915. The van der Waals surface area contributed by atoms with Crippen LogP contribution in [0, 0.1) is 6.92 Å². The van der Waals surface area contributed by atoms with E-state index in [9.17, 15) is 8.42 Å². The third-order valence-corrected chi connectivity index (χ3v) is 9.20. The maximum Gasteiger partial charge on any atom is 0.210 e. The summed E-state index contributed by atoms with van der Waals surface area (Å²) in [5.41, 5.74) is 3.86. The minimum atomic E-state index is -3.73. The number of hydrogen-bond donors (Lipinski definition) is 0. The van der Waals surface area contributed by atoms with Crippen molar-refractivity contribution in [2.75, 3.05) is 57.3 Å². The summed E-state index contributed by atoms with van der Waals surface area (Å²) in [6.45, 7) is 16.4. The Kier molecular flexibility index (Phi) is 8.65. The fourth-order valence-electron chi connectivity index (χ4n) is 5.07. The van der Waals surface area contributed by atoms with Gasteiger partial charge in [-0.25, -0.2) is 8.42 Å². The van der Waals surface area contributed by atoms with Gasteiger partial charge in [0.2, 0.25) is 9.84 Å². The topological polar surface area (TPSA) is 56.8 Å². The van der Waals surface area contributed by atoms with Gasteiger partial charge in [-0.1, -0.05) is 44.5 Å². The molecule has 1 saturated heterocycles. The summed E-state index contributed by atoms with van der Waals surface area (Å²) in [7, 11) is -3.73. The first-order valence-electron chi connectivity index (χ1n) is 13.3. The van der Waals surface area contributed by atoms with Gasteiger partial charge < -0.3 is 14.7 Å². The summed E-state index contributed by atoms with van der Waals surface area (Å²) >= 11 is 0. The highest BCUT2D eigenvalue weighted by molar-refractivity contribution is 7.91. The first-order chi connectivity index (χ1) is 17.4. The fraction of sp³-hybridized carbons (Fsp3) is 0.483. The number of benzene rings is 2. The van der Waals surface area contributed by atoms with Gasteiger partial charge in [0, 0.05) is 44.3 Å². The van der Waals surface area contributed by atoms with E-state index < -0.39 is 9.84 Å².